The molecular formula is C20H19BrCl2N2O4. The molecule has 0 bridgehead atoms. The second-order valence-corrected chi connectivity index (χ2v) is 7.92. The predicted octanol–water partition coefficient (Wildman–Crippen LogP) is 5.27. The standard InChI is InChI=1S/C20H19BrCl2N2O4/c1-11-7-14(8-12(2)20(11)21)25-18(27)10-29-19(28)6-5-17(26)24-13-3-4-15(22)16(23)9-13/h3-4,7-9H,5-6,10H2,1-2H3,(H,24,26)(H,25,27). The molecular weight excluding hydrogens is 483 g/mol. The maximum absolute atomic E-state index is 12.0. The van der Waals surface area contributed by atoms with E-state index in [0.717, 1.165) is 15.6 Å². The number of hydrogen-bond acceptors (Lipinski definition) is 4. The minimum absolute atomic E-state index is 0.0915. The van der Waals surface area contributed by atoms with Crippen molar-refractivity contribution in [2.24, 2.45) is 0 Å². The number of benzene rings is 2. The molecule has 0 aromatic heterocycles. The average molecular weight is 502 g/mol. The van der Waals surface area contributed by atoms with Gasteiger partial charge in [0, 0.05) is 22.3 Å². The fourth-order valence-corrected chi connectivity index (χ4v) is 2.97. The lowest BCUT2D eigenvalue weighted by Gasteiger charge is -2.10. The van der Waals surface area contributed by atoms with Crippen LogP contribution in [0.3, 0.4) is 0 Å². The number of amides is 2. The third-order valence-corrected chi connectivity index (χ3v) is 5.83. The van der Waals surface area contributed by atoms with Crippen LogP contribution in [0.15, 0.2) is 34.8 Å². The van der Waals surface area contributed by atoms with E-state index in [1.165, 1.54) is 6.07 Å². The second-order valence-electron chi connectivity index (χ2n) is 6.31. The minimum atomic E-state index is -0.646. The molecule has 2 rings (SSSR count). The third-order valence-electron chi connectivity index (χ3n) is 3.84. The van der Waals surface area contributed by atoms with E-state index in [4.69, 9.17) is 27.9 Å². The summed E-state index contributed by atoms with van der Waals surface area (Å²) in [5.41, 5.74) is 3.04. The topological polar surface area (TPSA) is 84.5 Å². The molecule has 0 heterocycles. The van der Waals surface area contributed by atoms with Crippen LogP contribution in [0.5, 0.6) is 0 Å². The molecule has 0 unspecified atom stereocenters. The van der Waals surface area contributed by atoms with Crippen molar-refractivity contribution < 1.29 is 19.1 Å². The molecule has 2 amide bonds. The summed E-state index contributed by atoms with van der Waals surface area (Å²) < 4.78 is 5.89. The summed E-state index contributed by atoms with van der Waals surface area (Å²) in [6.45, 7) is 3.40. The lowest BCUT2D eigenvalue weighted by molar-refractivity contribution is -0.147. The van der Waals surface area contributed by atoms with Gasteiger partial charge in [-0.05, 0) is 55.3 Å². The van der Waals surface area contributed by atoms with Gasteiger partial charge in [0.1, 0.15) is 0 Å². The molecule has 0 saturated heterocycles. The molecule has 0 spiro atoms. The highest BCUT2D eigenvalue weighted by Crippen LogP contribution is 2.26. The molecule has 9 heteroatoms. The number of hydrogen-bond donors (Lipinski definition) is 2. The Balaban J connectivity index is 1.74. The van der Waals surface area contributed by atoms with Gasteiger partial charge in [-0.2, -0.15) is 0 Å². The van der Waals surface area contributed by atoms with Crippen molar-refractivity contribution >= 4 is 68.3 Å². The summed E-state index contributed by atoms with van der Waals surface area (Å²) in [5, 5.41) is 5.97. The van der Waals surface area contributed by atoms with Crippen molar-refractivity contribution in [2.75, 3.05) is 17.2 Å². The Morgan fingerprint density at radius 3 is 2.14 bits per heavy atom. The summed E-state index contributed by atoms with van der Waals surface area (Å²) >= 11 is 15.2. The highest BCUT2D eigenvalue weighted by Gasteiger charge is 2.12. The Bertz CT molecular complexity index is 927. The maximum Gasteiger partial charge on any atom is 0.306 e. The van der Waals surface area contributed by atoms with Crippen molar-refractivity contribution in [1.82, 2.24) is 0 Å². The maximum atomic E-state index is 12.0. The van der Waals surface area contributed by atoms with Crippen molar-refractivity contribution in [3.63, 3.8) is 0 Å². The largest absolute Gasteiger partial charge is 0.456 e. The monoisotopic (exact) mass is 500 g/mol. The number of anilines is 2. The smallest absolute Gasteiger partial charge is 0.306 e. The average Bonchev–Trinajstić information content (AvgIpc) is 2.65. The van der Waals surface area contributed by atoms with Gasteiger partial charge in [0.2, 0.25) is 5.91 Å². The second kappa shape index (κ2) is 10.6. The van der Waals surface area contributed by atoms with E-state index in [0.29, 0.717) is 21.4 Å². The summed E-state index contributed by atoms with van der Waals surface area (Å²) in [5.74, 6) is -1.49. The Kier molecular flexibility index (Phi) is 8.49. The lowest BCUT2D eigenvalue weighted by atomic mass is 10.1. The lowest BCUT2D eigenvalue weighted by Crippen LogP contribution is -2.22. The van der Waals surface area contributed by atoms with Crippen LogP contribution in [0.4, 0.5) is 11.4 Å². The molecule has 2 aromatic rings. The molecule has 0 aliphatic carbocycles. The highest BCUT2D eigenvalue weighted by molar-refractivity contribution is 9.10. The number of esters is 1. The first kappa shape index (κ1) is 23.2. The fraction of sp³-hybridized carbons (Fsp3) is 0.250. The normalized spacial score (nSPS) is 10.4. The van der Waals surface area contributed by atoms with Crippen molar-refractivity contribution in [1.29, 1.82) is 0 Å². The summed E-state index contributed by atoms with van der Waals surface area (Å²) in [6.07, 6.45) is -0.247. The van der Waals surface area contributed by atoms with Gasteiger partial charge >= 0.3 is 5.97 Å². The minimum Gasteiger partial charge on any atom is -0.456 e. The van der Waals surface area contributed by atoms with Gasteiger partial charge < -0.3 is 15.4 Å². The third kappa shape index (κ3) is 7.34. The van der Waals surface area contributed by atoms with E-state index in [2.05, 4.69) is 26.6 Å². The fourth-order valence-electron chi connectivity index (χ4n) is 2.45. The summed E-state index contributed by atoms with van der Waals surface area (Å²) in [7, 11) is 0. The number of nitrogens with one attached hydrogen (secondary N) is 2. The van der Waals surface area contributed by atoms with Crippen LogP contribution in [-0.2, 0) is 19.1 Å². The zero-order valence-corrected chi connectivity index (χ0v) is 18.9. The van der Waals surface area contributed by atoms with Gasteiger partial charge in [-0.15, -0.1) is 0 Å². The number of aryl methyl sites for hydroxylation is 2. The van der Waals surface area contributed by atoms with Gasteiger partial charge in [-0.25, -0.2) is 0 Å². The van der Waals surface area contributed by atoms with Gasteiger partial charge in [-0.3, -0.25) is 14.4 Å². The molecule has 6 nitrogen and oxygen atoms in total. The molecule has 2 aromatic carbocycles. The van der Waals surface area contributed by atoms with Crippen LogP contribution < -0.4 is 10.6 Å². The SMILES string of the molecule is Cc1cc(NC(=O)COC(=O)CCC(=O)Nc2ccc(Cl)c(Cl)c2)cc(C)c1Br. The number of ether oxygens (including phenoxy) is 1. The molecule has 0 aliphatic heterocycles. The molecule has 0 saturated carbocycles. The number of rotatable bonds is 7. The number of carbonyl (C=O) groups excluding carboxylic acids is 3. The van der Waals surface area contributed by atoms with Crippen LogP contribution in [0.1, 0.15) is 24.0 Å². The van der Waals surface area contributed by atoms with Crippen LogP contribution in [-0.4, -0.2) is 24.4 Å². The quantitative estimate of drug-likeness (QED) is 0.506. The molecule has 29 heavy (non-hydrogen) atoms. The molecule has 154 valence electrons. The molecule has 0 radical (unpaired) electrons. The van der Waals surface area contributed by atoms with Gasteiger partial charge in [-0.1, -0.05) is 39.1 Å². The van der Waals surface area contributed by atoms with Crippen molar-refractivity contribution in [3.8, 4) is 0 Å². The molecule has 0 aliphatic rings. The van der Waals surface area contributed by atoms with Crippen LogP contribution >= 0.6 is 39.1 Å². The summed E-state index contributed by atoms with van der Waals surface area (Å²) in [6, 6.07) is 8.28. The van der Waals surface area contributed by atoms with Crippen molar-refractivity contribution in [2.45, 2.75) is 26.7 Å². The Morgan fingerprint density at radius 2 is 1.52 bits per heavy atom. The Hall–Kier alpha value is -2.09. The van der Waals surface area contributed by atoms with Crippen LogP contribution in [0.2, 0.25) is 10.0 Å². The van der Waals surface area contributed by atoms with E-state index in [9.17, 15) is 14.4 Å². The van der Waals surface area contributed by atoms with E-state index >= 15 is 0 Å². The highest BCUT2D eigenvalue weighted by atomic mass is 79.9. The van der Waals surface area contributed by atoms with Gasteiger partial charge in [0.05, 0.1) is 16.5 Å². The molecule has 0 fully saturated rings. The van der Waals surface area contributed by atoms with E-state index in [-0.39, 0.29) is 18.7 Å². The first-order valence-electron chi connectivity index (χ1n) is 8.63. The summed E-state index contributed by atoms with van der Waals surface area (Å²) in [4.78, 5) is 35.6. The predicted molar refractivity (Wildman–Crippen MR) is 118 cm³/mol. The van der Waals surface area contributed by atoms with Crippen LogP contribution in [0.25, 0.3) is 0 Å². The Morgan fingerprint density at radius 1 is 0.897 bits per heavy atom. The van der Waals surface area contributed by atoms with E-state index < -0.39 is 18.5 Å². The number of carbonyl (C=O) groups is 3. The van der Waals surface area contributed by atoms with Crippen molar-refractivity contribution in [3.05, 3.63) is 56.0 Å². The first-order chi connectivity index (χ1) is 13.7. The van der Waals surface area contributed by atoms with Gasteiger partial charge in [0.15, 0.2) is 6.61 Å². The van der Waals surface area contributed by atoms with E-state index in [1.54, 1.807) is 12.1 Å². The van der Waals surface area contributed by atoms with Crippen LogP contribution in [0, 0.1) is 13.8 Å². The zero-order chi connectivity index (χ0) is 21.6. The molecule has 0 atom stereocenters. The first-order valence-corrected chi connectivity index (χ1v) is 10.2. The zero-order valence-electron chi connectivity index (χ0n) is 15.8. The number of halogens is 3. The molecule has 2 N–H and O–H groups in total. The van der Waals surface area contributed by atoms with E-state index in [1.807, 2.05) is 26.0 Å². The van der Waals surface area contributed by atoms with Gasteiger partial charge in [0.25, 0.3) is 5.91 Å². The Labute approximate surface area is 187 Å².